The summed E-state index contributed by atoms with van der Waals surface area (Å²) in [6, 6.07) is 10.8. The predicted octanol–water partition coefficient (Wildman–Crippen LogP) is 4.47. The van der Waals surface area contributed by atoms with Crippen molar-refractivity contribution in [1.29, 1.82) is 0 Å². The summed E-state index contributed by atoms with van der Waals surface area (Å²) < 4.78 is 25.3. The van der Waals surface area contributed by atoms with Gasteiger partial charge in [0.25, 0.3) is 5.91 Å². The van der Waals surface area contributed by atoms with E-state index < -0.39 is 10.0 Å². The summed E-state index contributed by atoms with van der Waals surface area (Å²) in [4.78, 5) is 12.8. The quantitative estimate of drug-likeness (QED) is 0.723. The Labute approximate surface area is 171 Å². The number of benzene rings is 2. The van der Waals surface area contributed by atoms with Gasteiger partial charge in [0.1, 0.15) is 0 Å². The third-order valence-corrected chi connectivity index (χ3v) is 5.94. The Morgan fingerprint density at radius 3 is 2.50 bits per heavy atom. The van der Waals surface area contributed by atoms with Gasteiger partial charge in [0.05, 0.1) is 22.9 Å². The molecule has 0 unspecified atom stereocenters. The van der Waals surface area contributed by atoms with Gasteiger partial charge in [-0.1, -0.05) is 36.7 Å². The Morgan fingerprint density at radius 2 is 1.82 bits per heavy atom. The number of carbonyl (C=O) groups is 1. The van der Waals surface area contributed by atoms with Crippen molar-refractivity contribution in [3.8, 4) is 0 Å². The molecule has 1 aliphatic carbocycles. The molecule has 0 saturated carbocycles. The molecular weight excluding hydrogens is 396 g/mol. The van der Waals surface area contributed by atoms with Gasteiger partial charge < -0.3 is 5.32 Å². The maximum absolute atomic E-state index is 12.8. The number of fused-ring (bicyclic) bond motifs is 1. The summed E-state index contributed by atoms with van der Waals surface area (Å²) in [6.07, 6.45) is 6.44. The number of hydrogen-bond donors (Lipinski definition) is 2. The molecule has 0 spiro atoms. The second-order valence-electron chi connectivity index (χ2n) is 7.24. The Kier molecular flexibility index (Phi) is 6.30. The fourth-order valence-electron chi connectivity index (χ4n) is 3.60. The van der Waals surface area contributed by atoms with E-state index in [1.807, 2.05) is 6.92 Å². The van der Waals surface area contributed by atoms with E-state index in [0.29, 0.717) is 5.69 Å². The van der Waals surface area contributed by atoms with Crippen LogP contribution in [0.1, 0.15) is 59.3 Å². The first-order valence-corrected chi connectivity index (χ1v) is 11.7. The van der Waals surface area contributed by atoms with Crippen LogP contribution in [0.3, 0.4) is 0 Å². The summed E-state index contributed by atoms with van der Waals surface area (Å²) >= 11 is 6.19. The average molecular weight is 421 g/mol. The molecule has 0 bridgehead atoms. The summed E-state index contributed by atoms with van der Waals surface area (Å²) in [7, 11) is -3.44. The molecule has 3 rings (SSSR count). The topological polar surface area (TPSA) is 75.3 Å². The number of carbonyl (C=O) groups excluding carboxylic acids is 1. The van der Waals surface area contributed by atoms with Crippen LogP contribution in [0.2, 0.25) is 5.02 Å². The second-order valence-corrected chi connectivity index (χ2v) is 9.39. The molecule has 2 aromatic carbocycles. The standard InChI is InChI=1S/C21H25ClN2O3S/c1-3-20(16-9-8-14-6-4-5-7-15(14)12-16)23-21(25)18-13-17(10-11-19(18)22)24-28(2,26)27/h8-13,20,24H,3-7H2,1-2H3,(H,23,25)/t20-/m0/s1. The Bertz CT molecular complexity index is 989. The molecule has 2 aromatic rings. The lowest BCUT2D eigenvalue weighted by atomic mass is 9.88. The molecular formula is C21H25ClN2O3S. The molecule has 1 aliphatic rings. The smallest absolute Gasteiger partial charge is 0.253 e. The first kappa shape index (κ1) is 20.7. The highest BCUT2D eigenvalue weighted by Crippen LogP contribution is 2.27. The molecule has 1 atom stereocenters. The van der Waals surface area contributed by atoms with E-state index in [2.05, 4.69) is 28.2 Å². The average Bonchev–Trinajstić information content (AvgIpc) is 2.66. The van der Waals surface area contributed by atoms with Crippen molar-refractivity contribution in [2.75, 3.05) is 11.0 Å². The third-order valence-electron chi connectivity index (χ3n) is 5.00. The lowest BCUT2D eigenvalue weighted by Crippen LogP contribution is -2.28. The largest absolute Gasteiger partial charge is 0.345 e. The number of amides is 1. The first-order valence-electron chi connectivity index (χ1n) is 9.46. The van der Waals surface area contributed by atoms with E-state index in [0.717, 1.165) is 31.1 Å². The van der Waals surface area contributed by atoms with Gasteiger partial charge in [-0.3, -0.25) is 9.52 Å². The van der Waals surface area contributed by atoms with Crippen LogP contribution < -0.4 is 10.0 Å². The molecule has 2 N–H and O–H groups in total. The number of anilines is 1. The van der Waals surface area contributed by atoms with Crippen molar-refractivity contribution in [3.05, 3.63) is 63.7 Å². The minimum absolute atomic E-state index is 0.137. The number of nitrogens with one attached hydrogen (secondary N) is 2. The fourth-order valence-corrected chi connectivity index (χ4v) is 4.36. The number of aryl methyl sites for hydroxylation is 2. The molecule has 150 valence electrons. The normalized spacial score (nSPS) is 14.8. The molecule has 0 saturated heterocycles. The highest BCUT2D eigenvalue weighted by atomic mass is 35.5. The monoisotopic (exact) mass is 420 g/mol. The lowest BCUT2D eigenvalue weighted by Gasteiger charge is -2.22. The Hall–Kier alpha value is -2.05. The van der Waals surface area contributed by atoms with E-state index in [1.165, 1.54) is 42.2 Å². The van der Waals surface area contributed by atoms with E-state index in [9.17, 15) is 13.2 Å². The Morgan fingerprint density at radius 1 is 1.11 bits per heavy atom. The van der Waals surface area contributed by atoms with Gasteiger partial charge in [-0.2, -0.15) is 0 Å². The molecule has 5 nitrogen and oxygen atoms in total. The van der Waals surface area contributed by atoms with E-state index in [1.54, 1.807) is 0 Å². The lowest BCUT2D eigenvalue weighted by molar-refractivity contribution is 0.0935. The van der Waals surface area contributed by atoms with Crippen LogP contribution in [0.4, 0.5) is 5.69 Å². The number of rotatable bonds is 6. The summed E-state index contributed by atoms with van der Waals surface area (Å²) in [5, 5.41) is 3.31. The van der Waals surface area contributed by atoms with Crippen molar-refractivity contribution in [2.45, 2.75) is 45.1 Å². The SMILES string of the molecule is CC[C@H](NC(=O)c1cc(NS(C)(=O)=O)ccc1Cl)c1ccc2c(c1)CCCC2. The van der Waals surface area contributed by atoms with Gasteiger partial charge in [-0.05, 0) is 67.0 Å². The molecule has 28 heavy (non-hydrogen) atoms. The fraction of sp³-hybridized carbons (Fsp3) is 0.381. The minimum Gasteiger partial charge on any atom is -0.345 e. The maximum atomic E-state index is 12.8. The van der Waals surface area contributed by atoms with Crippen LogP contribution >= 0.6 is 11.6 Å². The van der Waals surface area contributed by atoms with Crippen LogP contribution in [0.15, 0.2) is 36.4 Å². The van der Waals surface area contributed by atoms with E-state index in [-0.39, 0.29) is 22.5 Å². The van der Waals surface area contributed by atoms with Crippen LogP contribution in [-0.2, 0) is 22.9 Å². The molecule has 7 heteroatoms. The van der Waals surface area contributed by atoms with Crippen LogP contribution in [0.5, 0.6) is 0 Å². The van der Waals surface area contributed by atoms with Crippen LogP contribution in [-0.4, -0.2) is 20.6 Å². The highest BCUT2D eigenvalue weighted by molar-refractivity contribution is 7.92. The van der Waals surface area contributed by atoms with Crippen molar-refractivity contribution >= 4 is 33.2 Å². The number of hydrogen-bond acceptors (Lipinski definition) is 3. The second kappa shape index (κ2) is 8.53. The van der Waals surface area contributed by atoms with E-state index in [4.69, 9.17) is 11.6 Å². The molecule has 0 fully saturated rings. The molecule has 0 aromatic heterocycles. The summed E-state index contributed by atoms with van der Waals surface area (Å²) in [5.41, 5.74) is 4.40. The van der Waals surface area contributed by atoms with Gasteiger partial charge >= 0.3 is 0 Å². The van der Waals surface area contributed by atoms with Gasteiger partial charge in [0.2, 0.25) is 10.0 Å². The van der Waals surface area contributed by atoms with Gasteiger partial charge in [0, 0.05) is 5.69 Å². The number of sulfonamides is 1. The van der Waals surface area contributed by atoms with Gasteiger partial charge in [-0.15, -0.1) is 0 Å². The first-order chi connectivity index (χ1) is 13.3. The summed E-state index contributed by atoms with van der Waals surface area (Å²) in [5.74, 6) is -0.327. The molecule has 1 amide bonds. The predicted molar refractivity (Wildman–Crippen MR) is 114 cm³/mol. The van der Waals surface area contributed by atoms with Crippen molar-refractivity contribution in [1.82, 2.24) is 5.32 Å². The zero-order valence-corrected chi connectivity index (χ0v) is 17.7. The summed E-state index contributed by atoms with van der Waals surface area (Å²) in [6.45, 7) is 2.02. The zero-order chi connectivity index (χ0) is 20.3. The van der Waals surface area contributed by atoms with Crippen LogP contribution in [0.25, 0.3) is 0 Å². The van der Waals surface area contributed by atoms with Gasteiger partial charge in [-0.25, -0.2) is 8.42 Å². The third kappa shape index (κ3) is 5.06. The highest BCUT2D eigenvalue weighted by Gasteiger charge is 2.19. The van der Waals surface area contributed by atoms with Crippen LogP contribution in [0, 0.1) is 0 Å². The van der Waals surface area contributed by atoms with Crippen molar-refractivity contribution in [3.63, 3.8) is 0 Å². The molecule has 0 aliphatic heterocycles. The molecule has 0 heterocycles. The maximum Gasteiger partial charge on any atom is 0.253 e. The Balaban J connectivity index is 1.81. The van der Waals surface area contributed by atoms with E-state index >= 15 is 0 Å². The number of halogens is 1. The molecule has 0 radical (unpaired) electrons. The minimum atomic E-state index is -3.44. The van der Waals surface area contributed by atoms with Gasteiger partial charge in [0.15, 0.2) is 0 Å². The van der Waals surface area contributed by atoms with Crippen molar-refractivity contribution < 1.29 is 13.2 Å². The van der Waals surface area contributed by atoms with Crippen molar-refractivity contribution in [2.24, 2.45) is 0 Å². The zero-order valence-electron chi connectivity index (χ0n) is 16.1.